The highest BCUT2D eigenvalue weighted by Crippen LogP contribution is 2.30. The fraction of sp³-hybridized carbons (Fsp3) is 0.688. The summed E-state index contributed by atoms with van der Waals surface area (Å²) < 4.78 is 11.0. The zero-order valence-electron chi connectivity index (χ0n) is 13.4. The Hall–Kier alpha value is -1.49. The van der Waals surface area contributed by atoms with Gasteiger partial charge in [0.15, 0.2) is 0 Å². The van der Waals surface area contributed by atoms with Crippen LogP contribution in [0.3, 0.4) is 0 Å². The second-order valence-corrected chi connectivity index (χ2v) is 6.48. The van der Waals surface area contributed by atoms with Crippen molar-refractivity contribution in [2.75, 3.05) is 26.7 Å². The maximum Gasteiger partial charge on any atom is 0.417 e. The summed E-state index contributed by atoms with van der Waals surface area (Å²) in [5.74, 6) is 1.07. The highest BCUT2D eigenvalue weighted by molar-refractivity contribution is 5.71. The van der Waals surface area contributed by atoms with Crippen LogP contribution in [-0.4, -0.2) is 43.3 Å². The Bertz CT molecular complexity index is 443. The molecule has 118 valence electrons. The van der Waals surface area contributed by atoms with Crippen molar-refractivity contribution in [1.82, 2.24) is 10.2 Å². The number of carbonyl (C=O) groups excluding carboxylic acids is 1. The molecule has 0 radical (unpaired) electrons. The molecule has 1 N–H and O–H groups in total. The Labute approximate surface area is 127 Å². The van der Waals surface area contributed by atoms with Crippen molar-refractivity contribution in [3.05, 3.63) is 23.6 Å². The average Bonchev–Trinajstić information content (AvgIpc) is 2.45. The normalized spacial score (nSPS) is 20.7. The van der Waals surface area contributed by atoms with E-state index in [0.717, 1.165) is 31.5 Å². The second-order valence-electron chi connectivity index (χ2n) is 6.48. The molecule has 1 fully saturated rings. The van der Waals surface area contributed by atoms with Gasteiger partial charge in [-0.2, -0.15) is 0 Å². The van der Waals surface area contributed by atoms with Crippen molar-refractivity contribution in [3.8, 4) is 0 Å². The molecule has 21 heavy (non-hydrogen) atoms. The van der Waals surface area contributed by atoms with E-state index in [9.17, 15) is 4.79 Å². The predicted molar refractivity (Wildman–Crippen MR) is 81.7 cm³/mol. The molecule has 2 aliphatic heterocycles. The van der Waals surface area contributed by atoms with Crippen LogP contribution >= 0.6 is 0 Å². The Morgan fingerprint density at radius 1 is 1.33 bits per heavy atom. The van der Waals surface area contributed by atoms with Gasteiger partial charge in [0, 0.05) is 5.57 Å². The van der Waals surface area contributed by atoms with Crippen LogP contribution < -0.4 is 5.32 Å². The molecule has 0 bridgehead atoms. The van der Waals surface area contributed by atoms with E-state index in [1.165, 1.54) is 0 Å². The number of methoxy groups -OCH3 is 1. The number of piperidine rings is 1. The Kier molecular flexibility index (Phi) is 4.93. The molecule has 5 nitrogen and oxygen atoms in total. The molecule has 0 unspecified atom stereocenters. The van der Waals surface area contributed by atoms with E-state index >= 15 is 0 Å². The number of nitrogens with zero attached hydrogens (tertiary/aromatic N) is 1. The van der Waals surface area contributed by atoms with Crippen LogP contribution in [0.5, 0.6) is 0 Å². The molecule has 0 aromatic heterocycles. The van der Waals surface area contributed by atoms with Gasteiger partial charge < -0.3 is 14.8 Å². The summed E-state index contributed by atoms with van der Waals surface area (Å²) in [7, 11) is 1.62. The summed E-state index contributed by atoms with van der Waals surface area (Å²) in [6.45, 7) is 8.11. The molecular weight excluding hydrogens is 268 g/mol. The maximum absolute atomic E-state index is 12.4. The number of hydrogen-bond acceptors (Lipinski definition) is 4. The molecule has 2 aliphatic rings. The van der Waals surface area contributed by atoms with E-state index in [0.29, 0.717) is 18.3 Å². The first-order valence-electron chi connectivity index (χ1n) is 7.58. The summed E-state index contributed by atoms with van der Waals surface area (Å²) in [6, 6.07) is 0. The van der Waals surface area contributed by atoms with E-state index < -0.39 is 5.60 Å². The van der Waals surface area contributed by atoms with Gasteiger partial charge in [-0.25, -0.2) is 9.69 Å². The van der Waals surface area contributed by atoms with E-state index in [4.69, 9.17) is 9.47 Å². The third-order valence-corrected chi connectivity index (χ3v) is 3.66. The van der Waals surface area contributed by atoms with Crippen LogP contribution in [-0.2, 0) is 9.47 Å². The van der Waals surface area contributed by atoms with Crippen molar-refractivity contribution in [2.24, 2.45) is 5.92 Å². The van der Waals surface area contributed by atoms with Gasteiger partial charge in [0.25, 0.3) is 0 Å². The molecule has 5 heteroatoms. The number of amides is 1. The van der Waals surface area contributed by atoms with E-state index in [2.05, 4.69) is 11.4 Å². The fourth-order valence-corrected chi connectivity index (χ4v) is 2.74. The van der Waals surface area contributed by atoms with Crippen molar-refractivity contribution < 1.29 is 14.3 Å². The molecule has 2 rings (SSSR count). The lowest BCUT2D eigenvalue weighted by Gasteiger charge is -2.33. The third-order valence-electron chi connectivity index (χ3n) is 3.66. The summed E-state index contributed by atoms with van der Waals surface area (Å²) in [4.78, 5) is 13.9. The second kappa shape index (κ2) is 6.52. The fourth-order valence-electron chi connectivity index (χ4n) is 2.74. The molecule has 0 aromatic carbocycles. The number of hydrogen-bond donors (Lipinski definition) is 1. The molecule has 0 aromatic rings. The topological polar surface area (TPSA) is 50.8 Å². The quantitative estimate of drug-likeness (QED) is 0.850. The molecule has 2 heterocycles. The summed E-state index contributed by atoms with van der Waals surface area (Å²) in [5.41, 5.74) is 0.600. The summed E-state index contributed by atoms with van der Waals surface area (Å²) in [6.07, 6.45) is 5.87. The number of allylic oxidation sites excluding steroid dienone is 2. The van der Waals surface area contributed by atoms with Gasteiger partial charge in [0.2, 0.25) is 5.88 Å². The van der Waals surface area contributed by atoms with Crippen molar-refractivity contribution in [2.45, 2.75) is 39.2 Å². The number of ether oxygens (including phenoxy) is 2. The van der Waals surface area contributed by atoms with Crippen LogP contribution in [0.2, 0.25) is 0 Å². The zero-order valence-corrected chi connectivity index (χ0v) is 13.4. The van der Waals surface area contributed by atoms with Crippen molar-refractivity contribution >= 4 is 6.09 Å². The summed E-state index contributed by atoms with van der Waals surface area (Å²) in [5, 5.41) is 3.36. The van der Waals surface area contributed by atoms with E-state index in [-0.39, 0.29) is 6.09 Å². The SMILES string of the molecule is COC1=C(C2CCNCC2)C=CCN1C(=O)OC(C)(C)C. The van der Waals surface area contributed by atoms with E-state index in [1.807, 2.05) is 26.8 Å². The first-order valence-corrected chi connectivity index (χ1v) is 7.58. The molecule has 1 saturated heterocycles. The van der Waals surface area contributed by atoms with E-state index in [1.54, 1.807) is 12.0 Å². The molecular formula is C16H26N2O3. The summed E-state index contributed by atoms with van der Waals surface area (Å²) >= 11 is 0. The van der Waals surface area contributed by atoms with Gasteiger partial charge in [0.05, 0.1) is 13.7 Å². The molecule has 0 aliphatic carbocycles. The highest BCUT2D eigenvalue weighted by Gasteiger charge is 2.31. The molecule has 0 atom stereocenters. The number of carbonyl (C=O) groups is 1. The van der Waals surface area contributed by atoms with Crippen molar-refractivity contribution in [3.63, 3.8) is 0 Å². The van der Waals surface area contributed by atoms with Crippen molar-refractivity contribution in [1.29, 1.82) is 0 Å². The first-order chi connectivity index (χ1) is 9.92. The van der Waals surface area contributed by atoms with Crippen LogP contribution in [0, 0.1) is 5.92 Å². The lowest BCUT2D eigenvalue weighted by Crippen LogP contribution is -2.39. The highest BCUT2D eigenvalue weighted by atomic mass is 16.6. The van der Waals surface area contributed by atoms with Gasteiger partial charge in [-0.1, -0.05) is 12.2 Å². The largest absolute Gasteiger partial charge is 0.482 e. The Morgan fingerprint density at radius 2 is 2.00 bits per heavy atom. The molecule has 1 amide bonds. The van der Waals surface area contributed by atoms with Crippen LogP contribution in [0.25, 0.3) is 0 Å². The van der Waals surface area contributed by atoms with Gasteiger partial charge >= 0.3 is 6.09 Å². The number of rotatable bonds is 2. The maximum atomic E-state index is 12.4. The van der Waals surface area contributed by atoms with Gasteiger partial charge in [-0.15, -0.1) is 0 Å². The van der Waals surface area contributed by atoms with Gasteiger partial charge in [-0.3, -0.25) is 0 Å². The predicted octanol–water partition coefficient (Wildman–Crippen LogP) is 2.65. The monoisotopic (exact) mass is 294 g/mol. The minimum atomic E-state index is -0.508. The lowest BCUT2D eigenvalue weighted by molar-refractivity contribution is 0.0202. The zero-order chi connectivity index (χ0) is 15.5. The Balaban J connectivity index is 2.20. The average molecular weight is 294 g/mol. The minimum absolute atomic E-state index is 0.352. The van der Waals surface area contributed by atoms with Crippen LogP contribution in [0.1, 0.15) is 33.6 Å². The minimum Gasteiger partial charge on any atom is -0.482 e. The molecule has 0 spiro atoms. The third kappa shape index (κ3) is 4.00. The van der Waals surface area contributed by atoms with Crippen LogP contribution in [0.15, 0.2) is 23.6 Å². The molecule has 0 saturated carbocycles. The van der Waals surface area contributed by atoms with Gasteiger partial charge in [-0.05, 0) is 52.6 Å². The first kappa shape index (κ1) is 15.9. The van der Waals surface area contributed by atoms with Crippen LogP contribution in [0.4, 0.5) is 4.79 Å². The lowest BCUT2D eigenvalue weighted by atomic mass is 9.88. The Morgan fingerprint density at radius 3 is 2.57 bits per heavy atom. The number of nitrogens with one attached hydrogen (secondary N) is 1. The smallest absolute Gasteiger partial charge is 0.417 e. The standard InChI is InChI=1S/C16H26N2O3/c1-16(2,3)21-15(19)18-11-5-6-13(14(18)20-4)12-7-9-17-10-8-12/h5-6,12,17H,7-11H2,1-4H3. The van der Waals surface area contributed by atoms with Gasteiger partial charge in [0.1, 0.15) is 5.60 Å².